The zero-order valence-corrected chi connectivity index (χ0v) is 12.3. The number of benzene rings is 2. The number of hydrogen-bond donors (Lipinski definition) is 2. The Hall–Kier alpha value is -1.84. The first kappa shape index (κ1) is 14.1. The second kappa shape index (κ2) is 5.88. The topological polar surface area (TPSA) is 55.1 Å². The standard InChI is InChI=1S/C17H17ClN2O/c18-13-7-8-14-12(10-13)6-9-15(14)20-16(17(19)21)11-4-2-1-3-5-11/h1-5,7-8,10,15-16,20H,6,9H2,(H2,19,21). The lowest BCUT2D eigenvalue weighted by molar-refractivity contribution is -0.120. The fraction of sp³-hybridized carbons (Fsp3) is 0.235. The Labute approximate surface area is 129 Å². The van der Waals surface area contributed by atoms with Gasteiger partial charge in [0.2, 0.25) is 5.91 Å². The SMILES string of the molecule is NC(=O)C(NC1CCc2cc(Cl)ccc21)c1ccccc1. The molecule has 0 radical (unpaired) electrons. The third-order valence-corrected chi connectivity index (χ3v) is 4.20. The molecular formula is C17H17ClN2O. The molecule has 3 N–H and O–H groups in total. The first-order valence-electron chi connectivity index (χ1n) is 7.04. The number of amides is 1. The monoisotopic (exact) mass is 300 g/mol. The van der Waals surface area contributed by atoms with Gasteiger partial charge in [-0.15, -0.1) is 0 Å². The van der Waals surface area contributed by atoms with Crippen molar-refractivity contribution in [1.82, 2.24) is 5.32 Å². The van der Waals surface area contributed by atoms with Gasteiger partial charge in [0, 0.05) is 11.1 Å². The van der Waals surface area contributed by atoms with Crippen LogP contribution in [-0.4, -0.2) is 5.91 Å². The molecule has 0 saturated carbocycles. The normalized spacial score (nSPS) is 18.2. The minimum absolute atomic E-state index is 0.134. The summed E-state index contributed by atoms with van der Waals surface area (Å²) >= 11 is 6.03. The molecule has 2 aromatic rings. The van der Waals surface area contributed by atoms with E-state index in [1.807, 2.05) is 48.5 Å². The third kappa shape index (κ3) is 2.94. The molecule has 0 saturated heterocycles. The number of fused-ring (bicyclic) bond motifs is 1. The van der Waals surface area contributed by atoms with E-state index in [0.29, 0.717) is 0 Å². The molecule has 0 heterocycles. The van der Waals surface area contributed by atoms with Crippen LogP contribution in [0.5, 0.6) is 0 Å². The molecule has 3 rings (SSSR count). The summed E-state index contributed by atoms with van der Waals surface area (Å²) in [6.07, 6.45) is 1.92. The number of carbonyl (C=O) groups excluding carboxylic acids is 1. The zero-order chi connectivity index (χ0) is 14.8. The third-order valence-electron chi connectivity index (χ3n) is 3.97. The molecule has 1 aliphatic rings. The summed E-state index contributed by atoms with van der Waals surface area (Å²) in [4.78, 5) is 11.8. The Bertz CT molecular complexity index is 657. The van der Waals surface area contributed by atoms with E-state index in [1.165, 1.54) is 11.1 Å². The van der Waals surface area contributed by atoms with Crippen molar-refractivity contribution in [2.75, 3.05) is 0 Å². The zero-order valence-electron chi connectivity index (χ0n) is 11.6. The van der Waals surface area contributed by atoms with Gasteiger partial charge >= 0.3 is 0 Å². The second-order valence-corrected chi connectivity index (χ2v) is 5.78. The minimum Gasteiger partial charge on any atom is -0.368 e. The number of carbonyl (C=O) groups is 1. The van der Waals surface area contributed by atoms with E-state index >= 15 is 0 Å². The molecule has 3 nitrogen and oxygen atoms in total. The van der Waals surface area contributed by atoms with Crippen LogP contribution in [0.15, 0.2) is 48.5 Å². The lowest BCUT2D eigenvalue weighted by Gasteiger charge is -2.21. The van der Waals surface area contributed by atoms with Crippen LogP contribution in [0.3, 0.4) is 0 Å². The van der Waals surface area contributed by atoms with Crippen molar-refractivity contribution >= 4 is 17.5 Å². The Morgan fingerprint density at radius 1 is 1.24 bits per heavy atom. The van der Waals surface area contributed by atoms with Crippen LogP contribution in [-0.2, 0) is 11.2 Å². The summed E-state index contributed by atoms with van der Waals surface area (Å²) in [5.41, 5.74) is 8.92. The molecule has 0 aliphatic heterocycles. The van der Waals surface area contributed by atoms with Crippen LogP contribution in [0.1, 0.15) is 35.2 Å². The van der Waals surface area contributed by atoms with Crippen LogP contribution < -0.4 is 11.1 Å². The van der Waals surface area contributed by atoms with Crippen molar-refractivity contribution in [3.8, 4) is 0 Å². The van der Waals surface area contributed by atoms with Crippen LogP contribution in [0.2, 0.25) is 5.02 Å². The van der Waals surface area contributed by atoms with Crippen LogP contribution in [0.25, 0.3) is 0 Å². The summed E-state index contributed by atoms with van der Waals surface area (Å²) in [7, 11) is 0. The van der Waals surface area contributed by atoms with Crippen molar-refractivity contribution in [2.45, 2.75) is 24.9 Å². The maximum absolute atomic E-state index is 11.8. The first-order valence-corrected chi connectivity index (χ1v) is 7.41. The highest BCUT2D eigenvalue weighted by atomic mass is 35.5. The fourth-order valence-electron chi connectivity index (χ4n) is 2.95. The lowest BCUT2D eigenvalue weighted by Crippen LogP contribution is -2.35. The minimum atomic E-state index is -0.474. The van der Waals surface area contributed by atoms with Gasteiger partial charge in [0.1, 0.15) is 6.04 Å². The highest BCUT2D eigenvalue weighted by Gasteiger charge is 2.27. The number of hydrogen-bond acceptors (Lipinski definition) is 2. The number of nitrogens with two attached hydrogens (primary N) is 1. The fourth-order valence-corrected chi connectivity index (χ4v) is 3.14. The van der Waals surface area contributed by atoms with Gasteiger partial charge in [-0.2, -0.15) is 0 Å². The van der Waals surface area contributed by atoms with E-state index in [-0.39, 0.29) is 11.9 Å². The predicted molar refractivity (Wildman–Crippen MR) is 84.0 cm³/mol. The quantitative estimate of drug-likeness (QED) is 0.911. The predicted octanol–water partition coefficient (Wildman–Crippen LogP) is 3.14. The van der Waals surface area contributed by atoms with E-state index in [0.717, 1.165) is 23.4 Å². The van der Waals surface area contributed by atoms with Gasteiger partial charge in [0.25, 0.3) is 0 Å². The summed E-state index contributed by atoms with van der Waals surface area (Å²) in [5.74, 6) is -0.358. The number of halogens is 1. The molecule has 0 aromatic heterocycles. The molecule has 2 atom stereocenters. The molecule has 1 amide bonds. The molecule has 4 heteroatoms. The molecule has 2 aromatic carbocycles. The Morgan fingerprint density at radius 3 is 2.71 bits per heavy atom. The molecule has 108 valence electrons. The molecular weight excluding hydrogens is 284 g/mol. The van der Waals surface area contributed by atoms with Gasteiger partial charge in [-0.05, 0) is 41.7 Å². The number of aryl methyl sites for hydroxylation is 1. The lowest BCUT2D eigenvalue weighted by atomic mass is 10.0. The number of primary amides is 1. The van der Waals surface area contributed by atoms with Crippen molar-refractivity contribution in [1.29, 1.82) is 0 Å². The second-order valence-electron chi connectivity index (χ2n) is 5.35. The first-order chi connectivity index (χ1) is 10.1. The number of rotatable bonds is 4. The van der Waals surface area contributed by atoms with Gasteiger partial charge < -0.3 is 5.73 Å². The molecule has 0 spiro atoms. The highest BCUT2D eigenvalue weighted by Crippen LogP contribution is 2.34. The maximum atomic E-state index is 11.8. The molecule has 1 aliphatic carbocycles. The number of nitrogens with one attached hydrogen (secondary N) is 1. The van der Waals surface area contributed by atoms with Crippen molar-refractivity contribution in [3.05, 3.63) is 70.2 Å². The van der Waals surface area contributed by atoms with Crippen molar-refractivity contribution in [3.63, 3.8) is 0 Å². The summed E-state index contributed by atoms with van der Waals surface area (Å²) in [5, 5.41) is 4.14. The van der Waals surface area contributed by atoms with Crippen LogP contribution in [0, 0.1) is 0 Å². The molecule has 0 bridgehead atoms. The Balaban J connectivity index is 1.85. The van der Waals surface area contributed by atoms with Crippen molar-refractivity contribution < 1.29 is 4.79 Å². The Morgan fingerprint density at radius 2 is 2.00 bits per heavy atom. The summed E-state index contributed by atoms with van der Waals surface area (Å²) in [6.45, 7) is 0. The van der Waals surface area contributed by atoms with E-state index in [4.69, 9.17) is 17.3 Å². The average molecular weight is 301 g/mol. The van der Waals surface area contributed by atoms with Gasteiger partial charge in [-0.3, -0.25) is 10.1 Å². The highest BCUT2D eigenvalue weighted by molar-refractivity contribution is 6.30. The van der Waals surface area contributed by atoms with E-state index in [9.17, 15) is 4.79 Å². The van der Waals surface area contributed by atoms with Crippen molar-refractivity contribution in [2.24, 2.45) is 5.73 Å². The molecule has 2 unspecified atom stereocenters. The van der Waals surface area contributed by atoms with Gasteiger partial charge in [-0.25, -0.2) is 0 Å². The van der Waals surface area contributed by atoms with E-state index in [1.54, 1.807) is 0 Å². The van der Waals surface area contributed by atoms with Gasteiger partial charge in [0.15, 0.2) is 0 Å². The summed E-state index contributed by atoms with van der Waals surface area (Å²) < 4.78 is 0. The van der Waals surface area contributed by atoms with E-state index in [2.05, 4.69) is 5.32 Å². The van der Waals surface area contributed by atoms with Crippen LogP contribution in [0.4, 0.5) is 0 Å². The maximum Gasteiger partial charge on any atom is 0.239 e. The van der Waals surface area contributed by atoms with Gasteiger partial charge in [0.05, 0.1) is 0 Å². The molecule has 0 fully saturated rings. The van der Waals surface area contributed by atoms with E-state index < -0.39 is 6.04 Å². The smallest absolute Gasteiger partial charge is 0.239 e. The average Bonchev–Trinajstić information content (AvgIpc) is 2.87. The Kier molecular flexibility index (Phi) is 3.95. The summed E-state index contributed by atoms with van der Waals surface area (Å²) in [6, 6.07) is 15.2. The van der Waals surface area contributed by atoms with Crippen LogP contribution >= 0.6 is 11.6 Å². The largest absolute Gasteiger partial charge is 0.368 e. The molecule has 21 heavy (non-hydrogen) atoms. The van der Waals surface area contributed by atoms with Gasteiger partial charge in [-0.1, -0.05) is 48.0 Å².